The van der Waals surface area contributed by atoms with Crippen molar-refractivity contribution in [1.82, 2.24) is 20.3 Å². The van der Waals surface area contributed by atoms with Gasteiger partial charge in [-0.3, -0.25) is 9.78 Å². The molecule has 106 valence electrons. The van der Waals surface area contributed by atoms with E-state index in [1.54, 1.807) is 6.20 Å². The van der Waals surface area contributed by atoms with Crippen molar-refractivity contribution in [2.24, 2.45) is 0 Å². The number of nitrogens with zero attached hydrogens (tertiary/aromatic N) is 2. The summed E-state index contributed by atoms with van der Waals surface area (Å²) in [5.41, 5.74) is 3.75. The fraction of sp³-hybridized carbons (Fsp3) is 0.188. The number of imidazole rings is 1. The van der Waals surface area contributed by atoms with Gasteiger partial charge >= 0.3 is 0 Å². The van der Waals surface area contributed by atoms with Crippen molar-refractivity contribution in [3.8, 4) is 0 Å². The van der Waals surface area contributed by atoms with Crippen LogP contribution in [0.25, 0.3) is 11.0 Å². The Morgan fingerprint density at radius 3 is 3.00 bits per heavy atom. The fourth-order valence-electron chi connectivity index (χ4n) is 2.22. The van der Waals surface area contributed by atoms with Crippen LogP contribution in [0.3, 0.4) is 0 Å². The molecule has 1 aromatic carbocycles. The van der Waals surface area contributed by atoms with Gasteiger partial charge in [0.1, 0.15) is 5.82 Å². The zero-order valence-corrected chi connectivity index (χ0v) is 11.8. The second-order valence-electron chi connectivity index (χ2n) is 4.95. The molecular weight excluding hydrogens is 264 g/mol. The molecule has 0 saturated heterocycles. The van der Waals surface area contributed by atoms with Gasteiger partial charge in [-0.25, -0.2) is 4.98 Å². The van der Waals surface area contributed by atoms with E-state index in [0.717, 1.165) is 28.1 Å². The van der Waals surface area contributed by atoms with Gasteiger partial charge in [0.05, 0.1) is 17.5 Å². The molecule has 2 N–H and O–H groups in total. The molecule has 0 fully saturated rings. The molecule has 5 nitrogen and oxygen atoms in total. The number of hydrogen-bond donors (Lipinski definition) is 2. The van der Waals surface area contributed by atoms with E-state index in [1.165, 1.54) is 0 Å². The van der Waals surface area contributed by atoms with Crippen molar-refractivity contribution in [3.05, 3.63) is 59.7 Å². The van der Waals surface area contributed by atoms with Crippen molar-refractivity contribution < 1.29 is 4.79 Å². The smallest absolute Gasteiger partial charge is 0.226 e. The van der Waals surface area contributed by atoms with Crippen LogP contribution in [0.4, 0.5) is 0 Å². The summed E-state index contributed by atoms with van der Waals surface area (Å²) in [6, 6.07) is 11.5. The Bertz CT molecular complexity index is 764. The van der Waals surface area contributed by atoms with Crippen LogP contribution in [0.15, 0.2) is 42.6 Å². The van der Waals surface area contributed by atoms with Crippen LogP contribution in [0.5, 0.6) is 0 Å². The number of aromatic amines is 1. The minimum absolute atomic E-state index is 0.0328. The van der Waals surface area contributed by atoms with Gasteiger partial charge in [-0.2, -0.15) is 0 Å². The second kappa shape index (κ2) is 5.75. The van der Waals surface area contributed by atoms with Gasteiger partial charge < -0.3 is 10.3 Å². The molecule has 21 heavy (non-hydrogen) atoms. The summed E-state index contributed by atoms with van der Waals surface area (Å²) < 4.78 is 0. The number of fused-ring (bicyclic) bond motifs is 1. The molecule has 5 heteroatoms. The van der Waals surface area contributed by atoms with E-state index in [0.29, 0.717) is 13.0 Å². The van der Waals surface area contributed by atoms with E-state index in [4.69, 9.17) is 0 Å². The van der Waals surface area contributed by atoms with Gasteiger partial charge in [0.2, 0.25) is 5.91 Å². The molecule has 0 bridgehead atoms. The van der Waals surface area contributed by atoms with E-state index in [-0.39, 0.29) is 5.91 Å². The summed E-state index contributed by atoms with van der Waals surface area (Å²) >= 11 is 0. The van der Waals surface area contributed by atoms with E-state index in [1.807, 2.05) is 43.3 Å². The molecule has 2 heterocycles. The average Bonchev–Trinajstić information content (AvgIpc) is 2.85. The zero-order chi connectivity index (χ0) is 14.7. The number of nitrogens with one attached hydrogen (secondary N) is 2. The Morgan fingerprint density at radius 2 is 2.19 bits per heavy atom. The molecule has 0 unspecified atom stereocenters. The van der Waals surface area contributed by atoms with Gasteiger partial charge in [0.25, 0.3) is 0 Å². The second-order valence-corrected chi connectivity index (χ2v) is 4.95. The number of benzene rings is 1. The summed E-state index contributed by atoms with van der Waals surface area (Å²) in [6.45, 7) is 2.42. The molecule has 0 spiro atoms. The van der Waals surface area contributed by atoms with Crippen molar-refractivity contribution >= 4 is 16.9 Å². The lowest BCUT2D eigenvalue weighted by molar-refractivity contribution is -0.120. The molecule has 0 radical (unpaired) electrons. The first-order valence-electron chi connectivity index (χ1n) is 6.82. The van der Waals surface area contributed by atoms with Crippen LogP contribution in [-0.2, 0) is 17.8 Å². The van der Waals surface area contributed by atoms with E-state index < -0.39 is 0 Å². The Balaban J connectivity index is 1.62. The van der Waals surface area contributed by atoms with E-state index in [9.17, 15) is 4.79 Å². The van der Waals surface area contributed by atoms with Crippen LogP contribution in [0, 0.1) is 6.92 Å². The van der Waals surface area contributed by atoms with Gasteiger partial charge in [0.15, 0.2) is 0 Å². The van der Waals surface area contributed by atoms with Crippen LogP contribution >= 0.6 is 0 Å². The highest BCUT2D eigenvalue weighted by atomic mass is 16.1. The third-order valence-corrected chi connectivity index (χ3v) is 3.22. The molecule has 3 rings (SSSR count). The number of carbonyl (C=O) groups excluding carboxylic acids is 1. The highest BCUT2D eigenvalue weighted by molar-refractivity contribution is 5.79. The summed E-state index contributed by atoms with van der Waals surface area (Å²) in [4.78, 5) is 23.6. The standard InChI is InChI=1S/C16H16N4O/c1-11-19-14-6-5-12(8-15(14)20-11)10-18-16(21)9-13-4-2-3-7-17-13/h2-8H,9-10H2,1H3,(H,18,21)(H,19,20). The number of amides is 1. The predicted octanol–water partition coefficient (Wildman–Crippen LogP) is 2.13. The third-order valence-electron chi connectivity index (χ3n) is 3.22. The summed E-state index contributed by atoms with van der Waals surface area (Å²) in [5, 5.41) is 2.91. The average molecular weight is 280 g/mol. The monoisotopic (exact) mass is 280 g/mol. The molecule has 3 aromatic rings. The zero-order valence-electron chi connectivity index (χ0n) is 11.8. The lowest BCUT2D eigenvalue weighted by atomic mass is 10.2. The van der Waals surface area contributed by atoms with E-state index >= 15 is 0 Å². The van der Waals surface area contributed by atoms with Crippen LogP contribution in [-0.4, -0.2) is 20.9 Å². The molecule has 0 aliphatic heterocycles. The Kier molecular flexibility index (Phi) is 3.64. The number of hydrogen-bond acceptors (Lipinski definition) is 3. The molecule has 0 atom stereocenters. The molecule has 2 aromatic heterocycles. The number of aromatic nitrogens is 3. The minimum atomic E-state index is -0.0328. The largest absolute Gasteiger partial charge is 0.352 e. The quantitative estimate of drug-likeness (QED) is 0.769. The van der Waals surface area contributed by atoms with Crippen LogP contribution < -0.4 is 5.32 Å². The Morgan fingerprint density at radius 1 is 1.29 bits per heavy atom. The molecular formula is C16H16N4O. The fourth-order valence-corrected chi connectivity index (χ4v) is 2.22. The van der Waals surface area contributed by atoms with Crippen LogP contribution in [0.1, 0.15) is 17.1 Å². The van der Waals surface area contributed by atoms with Crippen molar-refractivity contribution in [1.29, 1.82) is 0 Å². The van der Waals surface area contributed by atoms with Gasteiger partial charge in [-0.1, -0.05) is 12.1 Å². The van der Waals surface area contributed by atoms with Crippen molar-refractivity contribution in [2.75, 3.05) is 0 Å². The minimum Gasteiger partial charge on any atom is -0.352 e. The highest BCUT2D eigenvalue weighted by Gasteiger charge is 2.05. The number of aryl methyl sites for hydroxylation is 1. The highest BCUT2D eigenvalue weighted by Crippen LogP contribution is 2.13. The number of rotatable bonds is 4. The van der Waals surface area contributed by atoms with Crippen molar-refractivity contribution in [2.45, 2.75) is 19.9 Å². The molecule has 1 amide bonds. The maximum Gasteiger partial charge on any atom is 0.226 e. The van der Waals surface area contributed by atoms with Gasteiger partial charge in [-0.15, -0.1) is 0 Å². The topological polar surface area (TPSA) is 70.7 Å². The van der Waals surface area contributed by atoms with Gasteiger partial charge in [0, 0.05) is 18.4 Å². The lowest BCUT2D eigenvalue weighted by Crippen LogP contribution is -2.24. The third kappa shape index (κ3) is 3.25. The first-order chi connectivity index (χ1) is 10.2. The predicted molar refractivity (Wildman–Crippen MR) is 80.6 cm³/mol. The first-order valence-corrected chi connectivity index (χ1v) is 6.82. The van der Waals surface area contributed by atoms with Crippen molar-refractivity contribution in [3.63, 3.8) is 0 Å². The maximum atomic E-state index is 11.9. The lowest BCUT2D eigenvalue weighted by Gasteiger charge is -2.05. The summed E-state index contributed by atoms with van der Waals surface area (Å²) in [5.74, 6) is 0.857. The maximum absolute atomic E-state index is 11.9. The summed E-state index contributed by atoms with van der Waals surface area (Å²) in [7, 11) is 0. The number of carbonyl (C=O) groups is 1. The number of pyridine rings is 1. The molecule has 0 aliphatic carbocycles. The first kappa shape index (κ1) is 13.3. The van der Waals surface area contributed by atoms with E-state index in [2.05, 4.69) is 20.3 Å². The summed E-state index contributed by atoms with van der Waals surface area (Å²) in [6.07, 6.45) is 1.99. The molecule has 0 aliphatic rings. The van der Waals surface area contributed by atoms with Crippen LogP contribution in [0.2, 0.25) is 0 Å². The van der Waals surface area contributed by atoms with Gasteiger partial charge in [-0.05, 0) is 36.8 Å². The SMILES string of the molecule is Cc1nc2ccc(CNC(=O)Cc3ccccn3)cc2[nH]1. The Hall–Kier alpha value is -2.69. The molecule has 0 saturated carbocycles. The number of H-pyrrole nitrogens is 1. The Labute approximate surface area is 122 Å². The normalized spacial score (nSPS) is 10.7.